The molecule has 0 aliphatic heterocycles. The lowest BCUT2D eigenvalue weighted by atomic mass is 10.2. The third kappa shape index (κ3) is 1.53. The molecular formula is C9H4ClFN2O3. The molecule has 1 heterocycles. The van der Waals surface area contributed by atoms with Crippen LogP contribution in [-0.2, 0) is 0 Å². The Morgan fingerprint density at radius 3 is 2.81 bits per heavy atom. The minimum Gasteiger partial charge on any atom is -0.475 e. The normalized spacial score (nSPS) is 10.6. The van der Waals surface area contributed by atoms with Gasteiger partial charge in [-0.15, -0.1) is 0 Å². The van der Waals surface area contributed by atoms with E-state index in [1.54, 1.807) is 0 Å². The Morgan fingerprint density at radius 1 is 1.50 bits per heavy atom. The third-order valence-electron chi connectivity index (χ3n) is 1.97. The molecular weight excluding hydrogens is 239 g/mol. The number of aromatic nitrogens is 2. The highest BCUT2D eigenvalue weighted by Gasteiger charge is 2.14. The fourth-order valence-corrected chi connectivity index (χ4v) is 1.43. The predicted molar refractivity (Wildman–Crippen MR) is 54.3 cm³/mol. The second-order valence-corrected chi connectivity index (χ2v) is 3.38. The van der Waals surface area contributed by atoms with Crippen molar-refractivity contribution in [2.45, 2.75) is 0 Å². The molecule has 0 unspecified atom stereocenters. The summed E-state index contributed by atoms with van der Waals surface area (Å²) in [5.74, 6) is -2.85. The van der Waals surface area contributed by atoms with Crippen LogP contribution in [0.15, 0.2) is 16.9 Å². The maximum atomic E-state index is 13.5. The Balaban J connectivity index is 2.92. The lowest BCUT2D eigenvalue weighted by Gasteiger charge is -2.01. The molecule has 0 saturated heterocycles. The van der Waals surface area contributed by atoms with Gasteiger partial charge in [0, 0.05) is 0 Å². The zero-order valence-corrected chi connectivity index (χ0v) is 8.38. The first-order valence-electron chi connectivity index (χ1n) is 4.12. The molecule has 2 N–H and O–H groups in total. The summed E-state index contributed by atoms with van der Waals surface area (Å²) in [5, 5.41) is 8.07. The lowest BCUT2D eigenvalue weighted by molar-refractivity contribution is 0.0683. The van der Waals surface area contributed by atoms with Crippen molar-refractivity contribution in [3.8, 4) is 0 Å². The van der Waals surface area contributed by atoms with Gasteiger partial charge in [0.1, 0.15) is 5.39 Å². The van der Waals surface area contributed by atoms with E-state index in [1.807, 2.05) is 4.98 Å². The summed E-state index contributed by atoms with van der Waals surface area (Å²) in [4.78, 5) is 27.6. The fraction of sp³-hybridized carbons (Fsp3) is 0. The van der Waals surface area contributed by atoms with Gasteiger partial charge >= 0.3 is 5.97 Å². The van der Waals surface area contributed by atoms with E-state index in [0.29, 0.717) is 0 Å². The van der Waals surface area contributed by atoms with Gasteiger partial charge in [0.2, 0.25) is 5.82 Å². The number of fused-ring (bicyclic) bond motifs is 1. The minimum absolute atomic E-state index is 0.0527. The SMILES string of the molecule is O=C(O)c1nc2ccc(Cl)c(F)c2c(=O)[nH]1. The van der Waals surface area contributed by atoms with Gasteiger partial charge in [-0.25, -0.2) is 14.2 Å². The number of nitrogens with one attached hydrogen (secondary N) is 1. The van der Waals surface area contributed by atoms with Crippen molar-refractivity contribution in [1.29, 1.82) is 0 Å². The maximum absolute atomic E-state index is 13.5. The van der Waals surface area contributed by atoms with Crippen LogP contribution in [0.2, 0.25) is 5.02 Å². The topological polar surface area (TPSA) is 83.0 Å². The first-order chi connectivity index (χ1) is 7.50. The molecule has 0 saturated carbocycles. The molecule has 2 rings (SSSR count). The summed E-state index contributed by atoms with van der Waals surface area (Å²) in [5.41, 5.74) is -0.926. The first kappa shape index (κ1) is 10.6. The van der Waals surface area contributed by atoms with Gasteiger partial charge in [-0.05, 0) is 12.1 Å². The maximum Gasteiger partial charge on any atom is 0.372 e. The van der Waals surface area contributed by atoms with Crippen LogP contribution >= 0.6 is 11.6 Å². The van der Waals surface area contributed by atoms with Gasteiger partial charge in [0.15, 0.2) is 5.82 Å². The Hall–Kier alpha value is -1.95. The van der Waals surface area contributed by atoms with E-state index in [1.165, 1.54) is 12.1 Å². The summed E-state index contributed by atoms with van der Waals surface area (Å²) in [7, 11) is 0. The van der Waals surface area contributed by atoms with Gasteiger partial charge in [0.05, 0.1) is 10.5 Å². The molecule has 16 heavy (non-hydrogen) atoms. The Bertz CT molecular complexity index is 653. The highest BCUT2D eigenvalue weighted by molar-refractivity contribution is 6.31. The van der Waals surface area contributed by atoms with Crippen molar-refractivity contribution >= 4 is 28.5 Å². The highest BCUT2D eigenvalue weighted by atomic mass is 35.5. The Labute approximate surface area is 92.5 Å². The minimum atomic E-state index is -1.39. The van der Waals surface area contributed by atoms with E-state index in [0.717, 1.165) is 0 Å². The third-order valence-corrected chi connectivity index (χ3v) is 2.26. The van der Waals surface area contributed by atoms with E-state index in [-0.39, 0.29) is 15.9 Å². The van der Waals surface area contributed by atoms with E-state index in [4.69, 9.17) is 16.7 Å². The van der Waals surface area contributed by atoms with Crippen molar-refractivity contribution in [3.63, 3.8) is 0 Å². The number of carboxylic acids is 1. The van der Waals surface area contributed by atoms with Crippen LogP contribution in [0.5, 0.6) is 0 Å². The van der Waals surface area contributed by atoms with Gasteiger partial charge in [0.25, 0.3) is 5.56 Å². The molecule has 0 fully saturated rings. The Kier molecular flexibility index (Phi) is 2.35. The zero-order valence-electron chi connectivity index (χ0n) is 7.62. The van der Waals surface area contributed by atoms with Crippen LogP contribution in [0, 0.1) is 5.82 Å². The molecule has 0 spiro atoms. The van der Waals surface area contributed by atoms with Crippen molar-refractivity contribution in [2.24, 2.45) is 0 Å². The summed E-state index contributed by atoms with van der Waals surface area (Å²) in [6, 6.07) is 2.49. The van der Waals surface area contributed by atoms with Crippen LogP contribution in [-0.4, -0.2) is 21.0 Å². The Morgan fingerprint density at radius 2 is 2.19 bits per heavy atom. The molecule has 0 atom stereocenters. The second-order valence-electron chi connectivity index (χ2n) is 2.98. The number of aromatic carboxylic acids is 1. The molecule has 7 heteroatoms. The number of carbonyl (C=O) groups is 1. The van der Waals surface area contributed by atoms with Gasteiger partial charge in [-0.3, -0.25) is 4.79 Å². The second kappa shape index (κ2) is 3.57. The molecule has 0 amide bonds. The lowest BCUT2D eigenvalue weighted by Crippen LogP contribution is -2.16. The van der Waals surface area contributed by atoms with Crippen LogP contribution in [0.25, 0.3) is 10.9 Å². The zero-order chi connectivity index (χ0) is 11.9. The summed E-state index contributed by atoms with van der Waals surface area (Å²) < 4.78 is 13.5. The molecule has 0 aliphatic rings. The molecule has 0 radical (unpaired) electrons. The average Bonchev–Trinajstić information content (AvgIpc) is 2.22. The molecule has 0 aliphatic carbocycles. The predicted octanol–water partition coefficient (Wildman–Crippen LogP) is 1.41. The molecule has 0 bridgehead atoms. The number of aromatic amines is 1. The van der Waals surface area contributed by atoms with Crippen LogP contribution < -0.4 is 5.56 Å². The fourth-order valence-electron chi connectivity index (χ4n) is 1.27. The summed E-state index contributed by atoms with van der Waals surface area (Å²) >= 11 is 5.49. The van der Waals surface area contributed by atoms with Crippen molar-refractivity contribution in [3.05, 3.63) is 39.2 Å². The van der Waals surface area contributed by atoms with Crippen molar-refractivity contribution in [1.82, 2.24) is 9.97 Å². The van der Waals surface area contributed by atoms with Crippen LogP contribution in [0.4, 0.5) is 4.39 Å². The van der Waals surface area contributed by atoms with Crippen LogP contribution in [0.3, 0.4) is 0 Å². The number of halogens is 2. The van der Waals surface area contributed by atoms with E-state index in [9.17, 15) is 14.0 Å². The van der Waals surface area contributed by atoms with Gasteiger partial charge < -0.3 is 10.1 Å². The number of hydrogen-bond acceptors (Lipinski definition) is 3. The molecule has 1 aromatic carbocycles. The van der Waals surface area contributed by atoms with Gasteiger partial charge in [-0.2, -0.15) is 0 Å². The molecule has 5 nitrogen and oxygen atoms in total. The smallest absolute Gasteiger partial charge is 0.372 e. The van der Waals surface area contributed by atoms with Crippen molar-refractivity contribution in [2.75, 3.05) is 0 Å². The monoisotopic (exact) mass is 242 g/mol. The van der Waals surface area contributed by atoms with Crippen molar-refractivity contribution < 1.29 is 14.3 Å². The number of H-pyrrole nitrogens is 1. The quantitative estimate of drug-likeness (QED) is 0.792. The van der Waals surface area contributed by atoms with E-state index in [2.05, 4.69) is 4.98 Å². The van der Waals surface area contributed by atoms with Gasteiger partial charge in [-0.1, -0.05) is 11.6 Å². The molecule has 82 valence electrons. The average molecular weight is 243 g/mol. The number of nitrogens with zero attached hydrogens (tertiary/aromatic N) is 1. The first-order valence-corrected chi connectivity index (χ1v) is 4.50. The van der Waals surface area contributed by atoms with E-state index >= 15 is 0 Å². The van der Waals surface area contributed by atoms with Crippen LogP contribution in [0.1, 0.15) is 10.6 Å². The summed E-state index contributed by atoms with van der Waals surface area (Å²) in [6.45, 7) is 0. The number of rotatable bonds is 1. The van der Waals surface area contributed by atoms with E-state index < -0.39 is 23.2 Å². The molecule has 1 aromatic heterocycles. The largest absolute Gasteiger partial charge is 0.475 e. The number of benzene rings is 1. The number of carboxylic acid groups (broad SMARTS) is 1. The molecule has 2 aromatic rings. The highest BCUT2D eigenvalue weighted by Crippen LogP contribution is 2.20. The standard InChI is InChI=1S/C9H4ClFN2O3/c10-3-1-2-4-5(6(3)11)8(14)13-7(12-4)9(15)16/h1-2H,(H,15,16)(H,12,13,14). The number of hydrogen-bond donors (Lipinski definition) is 2. The summed E-state index contributed by atoms with van der Waals surface area (Å²) in [6.07, 6.45) is 0.